The summed E-state index contributed by atoms with van der Waals surface area (Å²) in [5, 5.41) is 14.5. The monoisotopic (exact) mass is 318 g/mol. The van der Waals surface area contributed by atoms with Crippen LogP contribution < -0.4 is 5.32 Å². The van der Waals surface area contributed by atoms with Gasteiger partial charge < -0.3 is 5.32 Å². The number of thiophene rings is 1. The number of hydrogen-bond acceptors (Lipinski definition) is 4. The van der Waals surface area contributed by atoms with Crippen LogP contribution in [0.3, 0.4) is 0 Å². The van der Waals surface area contributed by atoms with Gasteiger partial charge in [0, 0.05) is 34.0 Å². The van der Waals surface area contributed by atoms with E-state index in [1.807, 2.05) is 6.07 Å². The van der Waals surface area contributed by atoms with Crippen molar-refractivity contribution in [1.82, 2.24) is 5.32 Å². The van der Waals surface area contributed by atoms with Gasteiger partial charge in [-0.15, -0.1) is 11.3 Å². The molecule has 0 amide bonds. The van der Waals surface area contributed by atoms with Gasteiger partial charge in [-0.3, -0.25) is 10.1 Å². The van der Waals surface area contributed by atoms with Gasteiger partial charge in [0.1, 0.15) is 0 Å². The van der Waals surface area contributed by atoms with Gasteiger partial charge in [0.05, 0.1) is 4.92 Å². The van der Waals surface area contributed by atoms with Crippen molar-refractivity contribution in [3.63, 3.8) is 0 Å². The van der Waals surface area contributed by atoms with Crippen LogP contribution in [0, 0.1) is 24.0 Å². The second kappa shape index (κ2) is 7.03. The van der Waals surface area contributed by atoms with E-state index in [1.165, 1.54) is 21.4 Å². The topological polar surface area (TPSA) is 55.2 Å². The smallest absolute Gasteiger partial charge is 0.269 e. The highest BCUT2D eigenvalue weighted by Gasteiger charge is 2.18. The zero-order valence-electron chi connectivity index (χ0n) is 13.4. The summed E-state index contributed by atoms with van der Waals surface area (Å²) < 4.78 is 0. The number of nitrogens with one attached hydrogen (secondary N) is 1. The summed E-state index contributed by atoms with van der Waals surface area (Å²) >= 11 is 1.81. The van der Waals surface area contributed by atoms with Gasteiger partial charge in [0.25, 0.3) is 5.69 Å². The van der Waals surface area contributed by atoms with Crippen molar-refractivity contribution in [2.45, 2.75) is 46.2 Å². The normalized spacial score (nSPS) is 13.8. The molecule has 2 rings (SSSR count). The minimum atomic E-state index is -0.341. The van der Waals surface area contributed by atoms with E-state index < -0.39 is 0 Å². The maximum Gasteiger partial charge on any atom is 0.269 e. The summed E-state index contributed by atoms with van der Waals surface area (Å²) in [5.41, 5.74) is 2.42. The van der Waals surface area contributed by atoms with Gasteiger partial charge in [0.2, 0.25) is 0 Å². The molecule has 2 unspecified atom stereocenters. The van der Waals surface area contributed by atoms with Crippen molar-refractivity contribution in [3.05, 3.63) is 61.3 Å². The molecule has 22 heavy (non-hydrogen) atoms. The van der Waals surface area contributed by atoms with Crippen LogP contribution in [-0.4, -0.2) is 4.92 Å². The molecule has 0 saturated carbocycles. The predicted octanol–water partition coefficient (Wildman–Crippen LogP) is 5.08. The third-order valence-electron chi connectivity index (χ3n) is 3.89. The summed E-state index contributed by atoms with van der Waals surface area (Å²) in [6, 6.07) is 9.45. The zero-order chi connectivity index (χ0) is 16.3. The standard InChI is InChI=1S/C17H22N2O2S/c1-5-17(14-7-6-8-15(10-14)19(20)21)18-12(3)16-9-11(2)22-13(16)4/h6-10,12,17-18H,5H2,1-4H3. The van der Waals surface area contributed by atoms with Gasteiger partial charge in [-0.1, -0.05) is 19.1 Å². The van der Waals surface area contributed by atoms with E-state index in [-0.39, 0.29) is 22.7 Å². The molecule has 0 aliphatic rings. The van der Waals surface area contributed by atoms with E-state index in [1.54, 1.807) is 23.5 Å². The van der Waals surface area contributed by atoms with Crippen LogP contribution in [0.2, 0.25) is 0 Å². The van der Waals surface area contributed by atoms with Crippen molar-refractivity contribution in [3.8, 4) is 0 Å². The quantitative estimate of drug-likeness (QED) is 0.597. The molecule has 0 aliphatic heterocycles. The molecule has 1 aromatic heterocycles. The lowest BCUT2D eigenvalue weighted by Crippen LogP contribution is -2.24. The Hall–Kier alpha value is -1.72. The minimum absolute atomic E-state index is 0.106. The second-order valence-corrected chi connectivity index (χ2v) is 7.03. The lowest BCUT2D eigenvalue weighted by Gasteiger charge is -2.23. The Morgan fingerprint density at radius 1 is 1.32 bits per heavy atom. The lowest BCUT2D eigenvalue weighted by atomic mass is 10.0. The van der Waals surface area contributed by atoms with Crippen LogP contribution in [0.1, 0.15) is 53.2 Å². The number of nitro groups is 1. The average Bonchev–Trinajstić information content (AvgIpc) is 2.83. The maximum absolute atomic E-state index is 10.9. The molecule has 2 aromatic rings. The van der Waals surface area contributed by atoms with E-state index >= 15 is 0 Å². The summed E-state index contributed by atoms with van der Waals surface area (Å²) in [7, 11) is 0. The van der Waals surface area contributed by atoms with Crippen molar-refractivity contribution >= 4 is 17.0 Å². The van der Waals surface area contributed by atoms with Gasteiger partial charge in [-0.05, 0) is 44.4 Å². The Balaban J connectivity index is 2.20. The number of non-ortho nitro benzene ring substituents is 1. The highest BCUT2D eigenvalue weighted by Crippen LogP contribution is 2.29. The van der Waals surface area contributed by atoms with Crippen LogP contribution in [0.4, 0.5) is 5.69 Å². The van der Waals surface area contributed by atoms with Crippen molar-refractivity contribution in [1.29, 1.82) is 0 Å². The first kappa shape index (κ1) is 16.6. The number of benzene rings is 1. The maximum atomic E-state index is 10.9. The van der Waals surface area contributed by atoms with E-state index in [2.05, 4.69) is 39.1 Å². The molecule has 1 N–H and O–H groups in total. The van der Waals surface area contributed by atoms with Crippen molar-refractivity contribution in [2.24, 2.45) is 0 Å². The van der Waals surface area contributed by atoms with Crippen molar-refractivity contribution < 1.29 is 4.92 Å². The molecule has 1 aromatic carbocycles. The molecule has 0 aliphatic carbocycles. The highest BCUT2D eigenvalue weighted by atomic mass is 32.1. The minimum Gasteiger partial charge on any atom is -0.303 e. The summed E-state index contributed by atoms with van der Waals surface area (Å²) in [5.74, 6) is 0. The Labute approximate surface area is 135 Å². The second-order valence-electron chi connectivity index (χ2n) is 5.57. The van der Waals surface area contributed by atoms with E-state index in [4.69, 9.17) is 0 Å². The molecule has 118 valence electrons. The fourth-order valence-corrected chi connectivity index (χ4v) is 3.80. The molecule has 0 bridgehead atoms. The third-order valence-corrected chi connectivity index (χ3v) is 4.87. The van der Waals surface area contributed by atoms with Crippen LogP contribution in [0.15, 0.2) is 30.3 Å². The summed E-state index contributed by atoms with van der Waals surface area (Å²) in [6.07, 6.45) is 0.883. The fraction of sp³-hybridized carbons (Fsp3) is 0.412. The number of aryl methyl sites for hydroxylation is 2. The summed E-state index contributed by atoms with van der Waals surface area (Å²) in [4.78, 5) is 13.2. The first-order valence-corrected chi connectivity index (χ1v) is 8.31. The predicted molar refractivity (Wildman–Crippen MR) is 91.5 cm³/mol. The molecule has 0 fully saturated rings. The zero-order valence-corrected chi connectivity index (χ0v) is 14.2. The fourth-order valence-electron chi connectivity index (χ4n) is 2.78. The Morgan fingerprint density at radius 2 is 2.05 bits per heavy atom. The molecule has 0 spiro atoms. The molecule has 0 radical (unpaired) electrons. The third kappa shape index (κ3) is 3.72. The molecule has 2 atom stereocenters. The number of nitro benzene ring substituents is 1. The molecule has 1 heterocycles. The number of nitrogens with zero attached hydrogens (tertiary/aromatic N) is 1. The van der Waals surface area contributed by atoms with E-state index in [9.17, 15) is 10.1 Å². The van der Waals surface area contributed by atoms with Gasteiger partial charge in [0.15, 0.2) is 0 Å². The molecule has 0 saturated heterocycles. The first-order valence-electron chi connectivity index (χ1n) is 7.49. The first-order chi connectivity index (χ1) is 10.4. The molecule has 4 nitrogen and oxygen atoms in total. The van der Waals surface area contributed by atoms with Crippen LogP contribution in [-0.2, 0) is 0 Å². The van der Waals surface area contributed by atoms with Gasteiger partial charge in [-0.25, -0.2) is 0 Å². The molecular formula is C17H22N2O2S. The number of rotatable bonds is 6. The van der Waals surface area contributed by atoms with E-state index in [0.29, 0.717) is 0 Å². The average molecular weight is 318 g/mol. The SMILES string of the molecule is CCC(NC(C)c1cc(C)sc1C)c1cccc([N+](=O)[O-])c1. The van der Waals surface area contributed by atoms with Crippen LogP contribution in [0.25, 0.3) is 0 Å². The van der Waals surface area contributed by atoms with Gasteiger partial charge in [-0.2, -0.15) is 0 Å². The van der Waals surface area contributed by atoms with Crippen LogP contribution >= 0.6 is 11.3 Å². The Kier molecular flexibility index (Phi) is 5.32. The van der Waals surface area contributed by atoms with Crippen LogP contribution in [0.5, 0.6) is 0 Å². The van der Waals surface area contributed by atoms with Crippen molar-refractivity contribution in [2.75, 3.05) is 0 Å². The molecular weight excluding hydrogens is 296 g/mol. The Morgan fingerprint density at radius 3 is 2.59 bits per heavy atom. The highest BCUT2D eigenvalue weighted by molar-refractivity contribution is 7.12. The van der Waals surface area contributed by atoms with E-state index in [0.717, 1.165) is 12.0 Å². The summed E-state index contributed by atoms with van der Waals surface area (Å²) in [6.45, 7) is 8.49. The number of hydrogen-bond donors (Lipinski definition) is 1. The van der Waals surface area contributed by atoms with Gasteiger partial charge >= 0.3 is 0 Å². The lowest BCUT2D eigenvalue weighted by molar-refractivity contribution is -0.384. The Bertz CT molecular complexity index is 666. The molecule has 5 heteroatoms. The largest absolute Gasteiger partial charge is 0.303 e.